The van der Waals surface area contributed by atoms with Crippen molar-refractivity contribution in [1.82, 2.24) is 10.3 Å². The summed E-state index contributed by atoms with van der Waals surface area (Å²) < 4.78 is 15.1. The van der Waals surface area contributed by atoms with Gasteiger partial charge in [0.15, 0.2) is 0 Å². The Bertz CT molecular complexity index is 1250. The van der Waals surface area contributed by atoms with Crippen molar-refractivity contribution in [2.24, 2.45) is 0 Å². The van der Waals surface area contributed by atoms with Crippen LogP contribution in [0.25, 0.3) is 0 Å². The highest BCUT2D eigenvalue weighted by Crippen LogP contribution is 2.32. The molecule has 1 fully saturated rings. The van der Waals surface area contributed by atoms with Crippen LogP contribution in [-0.2, 0) is 14.4 Å². The molecule has 0 saturated heterocycles. The minimum Gasteiger partial charge on any atom is -0.351 e. The van der Waals surface area contributed by atoms with Crippen LogP contribution in [0.3, 0.4) is 0 Å². The van der Waals surface area contributed by atoms with Gasteiger partial charge in [-0.1, -0.05) is 54.8 Å². The fraction of sp³-hybridized carbons (Fsp3) is 0.310. The molecule has 2 aromatic carbocycles. The van der Waals surface area contributed by atoms with E-state index in [1.165, 1.54) is 23.1 Å². The maximum absolute atomic E-state index is 15.1. The van der Waals surface area contributed by atoms with Crippen LogP contribution >= 0.6 is 11.6 Å². The number of carbonyl (C=O) groups excluding carboxylic acids is 3. The molecule has 0 aliphatic heterocycles. The molecule has 198 valence electrons. The number of rotatable bonds is 10. The third-order valence-corrected chi connectivity index (χ3v) is 6.75. The summed E-state index contributed by atoms with van der Waals surface area (Å²) in [6.07, 6.45) is 5.54. The number of aromatic nitrogens is 1. The lowest BCUT2D eigenvalue weighted by molar-refractivity contribution is -0.127. The zero-order chi connectivity index (χ0) is 26.9. The number of amides is 3. The minimum absolute atomic E-state index is 0.00282. The average Bonchev–Trinajstić information content (AvgIpc) is 3.42. The Morgan fingerprint density at radius 3 is 2.37 bits per heavy atom. The van der Waals surface area contributed by atoms with Crippen molar-refractivity contribution < 1.29 is 18.8 Å². The highest BCUT2D eigenvalue weighted by molar-refractivity contribution is 6.30. The first-order valence-corrected chi connectivity index (χ1v) is 13.1. The predicted octanol–water partition coefficient (Wildman–Crippen LogP) is 5.82. The van der Waals surface area contributed by atoms with Crippen molar-refractivity contribution in [2.75, 3.05) is 10.2 Å². The van der Waals surface area contributed by atoms with Gasteiger partial charge in [0.1, 0.15) is 17.7 Å². The Morgan fingerprint density at radius 2 is 1.68 bits per heavy atom. The first kappa shape index (κ1) is 27.3. The monoisotopic (exact) mass is 536 g/mol. The second kappa shape index (κ2) is 13.1. The van der Waals surface area contributed by atoms with Gasteiger partial charge < -0.3 is 10.6 Å². The van der Waals surface area contributed by atoms with E-state index in [0.717, 1.165) is 25.7 Å². The lowest BCUT2D eigenvalue weighted by Crippen LogP contribution is -2.46. The second-order valence-electron chi connectivity index (χ2n) is 9.28. The van der Waals surface area contributed by atoms with E-state index < -0.39 is 17.8 Å². The van der Waals surface area contributed by atoms with Crippen LogP contribution in [0.2, 0.25) is 5.02 Å². The number of hydrogen-bond donors (Lipinski definition) is 2. The van der Waals surface area contributed by atoms with Crippen molar-refractivity contribution in [3.8, 4) is 0 Å². The zero-order valence-electron chi connectivity index (χ0n) is 20.9. The van der Waals surface area contributed by atoms with E-state index in [-0.39, 0.29) is 42.8 Å². The molecule has 1 atom stereocenters. The maximum Gasteiger partial charge on any atom is 0.248 e. The molecule has 3 amide bonds. The van der Waals surface area contributed by atoms with Crippen molar-refractivity contribution in [2.45, 2.75) is 57.0 Å². The molecular formula is C29H30ClFN4O3. The number of benzene rings is 2. The highest BCUT2D eigenvalue weighted by atomic mass is 35.5. The molecule has 0 bridgehead atoms. The summed E-state index contributed by atoms with van der Waals surface area (Å²) in [4.78, 5) is 45.0. The maximum atomic E-state index is 15.1. The fourth-order valence-electron chi connectivity index (χ4n) is 4.64. The topological polar surface area (TPSA) is 91.4 Å². The first-order valence-electron chi connectivity index (χ1n) is 12.8. The molecule has 1 saturated carbocycles. The van der Waals surface area contributed by atoms with Gasteiger partial charge in [-0.05, 0) is 61.2 Å². The molecule has 2 N–H and O–H groups in total. The molecule has 4 rings (SSSR count). The third-order valence-electron chi connectivity index (χ3n) is 6.50. The summed E-state index contributed by atoms with van der Waals surface area (Å²) in [6, 6.07) is 16.6. The van der Waals surface area contributed by atoms with Crippen LogP contribution in [0, 0.1) is 5.82 Å². The van der Waals surface area contributed by atoms with Crippen LogP contribution in [0.15, 0.2) is 72.9 Å². The van der Waals surface area contributed by atoms with Gasteiger partial charge in [-0.15, -0.1) is 0 Å². The van der Waals surface area contributed by atoms with Gasteiger partial charge in [-0.25, -0.2) is 9.37 Å². The smallest absolute Gasteiger partial charge is 0.248 e. The lowest BCUT2D eigenvalue weighted by atomic mass is 10.0. The lowest BCUT2D eigenvalue weighted by Gasteiger charge is -2.32. The SMILES string of the molecule is O=C(CCCC(=O)N(c1ccccc1F)C(C(=O)NC1CCCC1)c1ccc(Cl)cc1)Nc1ccccn1. The largest absolute Gasteiger partial charge is 0.351 e. The van der Waals surface area contributed by atoms with Crippen molar-refractivity contribution >= 4 is 40.8 Å². The Kier molecular flexibility index (Phi) is 9.43. The van der Waals surface area contributed by atoms with Crippen LogP contribution in [0.4, 0.5) is 15.9 Å². The summed E-state index contributed by atoms with van der Waals surface area (Å²) in [5, 5.41) is 6.22. The van der Waals surface area contributed by atoms with Crippen LogP contribution < -0.4 is 15.5 Å². The summed E-state index contributed by atoms with van der Waals surface area (Å²) in [5.74, 6) is -1.35. The van der Waals surface area contributed by atoms with Crippen molar-refractivity contribution in [3.05, 3.63) is 89.3 Å². The minimum atomic E-state index is -1.11. The summed E-state index contributed by atoms with van der Waals surface area (Å²) in [6.45, 7) is 0. The summed E-state index contributed by atoms with van der Waals surface area (Å²) in [5.41, 5.74) is 0.506. The van der Waals surface area contributed by atoms with Gasteiger partial charge in [0.25, 0.3) is 0 Å². The molecule has 3 aromatic rings. The number of nitrogens with one attached hydrogen (secondary N) is 2. The second-order valence-corrected chi connectivity index (χ2v) is 9.71. The van der Waals surface area contributed by atoms with E-state index in [1.54, 1.807) is 54.7 Å². The Labute approximate surface area is 226 Å². The molecule has 1 heterocycles. The highest BCUT2D eigenvalue weighted by Gasteiger charge is 2.35. The van der Waals surface area contributed by atoms with E-state index in [9.17, 15) is 14.4 Å². The van der Waals surface area contributed by atoms with Crippen LogP contribution in [0.5, 0.6) is 0 Å². The van der Waals surface area contributed by atoms with Crippen molar-refractivity contribution in [1.29, 1.82) is 0 Å². The molecule has 0 radical (unpaired) electrons. The van der Waals surface area contributed by atoms with E-state index in [4.69, 9.17) is 11.6 Å². The van der Waals surface area contributed by atoms with Crippen LogP contribution in [0.1, 0.15) is 56.6 Å². The molecule has 1 aromatic heterocycles. The van der Waals surface area contributed by atoms with Gasteiger partial charge in [0.05, 0.1) is 5.69 Å². The molecule has 9 heteroatoms. The predicted molar refractivity (Wildman–Crippen MR) is 145 cm³/mol. The van der Waals surface area contributed by atoms with Gasteiger partial charge in [-0.2, -0.15) is 0 Å². The molecule has 0 spiro atoms. The molecule has 1 aliphatic rings. The number of para-hydroxylation sites is 1. The number of hydrogen-bond acceptors (Lipinski definition) is 4. The van der Waals surface area contributed by atoms with E-state index in [0.29, 0.717) is 16.4 Å². The molecule has 1 unspecified atom stereocenters. The fourth-order valence-corrected chi connectivity index (χ4v) is 4.77. The summed E-state index contributed by atoms with van der Waals surface area (Å²) in [7, 11) is 0. The Balaban J connectivity index is 1.58. The number of halogens is 2. The molecular weight excluding hydrogens is 507 g/mol. The average molecular weight is 537 g/mol. The van der Waals surface area contributed by atoms with Crippen molar-refractivity contribution in [3.63, 3.8) is 0 Å². The normalized spacial score (nSPS) is 14.1. The van der Waals surface area contributed by atoms with Gasteiger partial charge in [-0.3, -0.25) is 19.3 Å². The quantitative estimate of drug-likeness (QED) is 0.342. The molecule has 1 aliphatic carbocycles. The molecule has 7 nitrogen and oxygen atoms in total. The van der Waals surface area contributed by atoms with E-state index >= 15 is 4.39 Å². The number of pyridine rings is 1. The standard InChI is InChI=1S/C29H30ClFN4O3/c30-21-17-15-20(16-18-21)28(29(38)33-22-8-1-2-9-22)35(24-11-4-3-10-23(24)31)27(37)14-7-13-26(36)34-25-12-5-6-19-32-25/h3-6,10-12,15-19,22,28H,1-2,7-9,13-14H2,(H,33,38)(H,32,34,36). The van der Waals surface area contributed by atoms with Gasteiger partial charge in [0, 0.05) is 30.1 Å². The molecule has 38 heavy (non-hydrogen) atoms. The first-order chi connectivity index (χ1) is 18.4. The Morgan fingerprint density at radius 1 is 0.974 bits per heavy atom. The van der Waals surface area contributed by atoms with Gasteiger partial charge in [0.2, 0.25) is 17.7 Å². The zero-order valence-corrected chi connectivity index (χ0v) is 21.7. The third kappa shape index (κ3) is 7.16. The number of anilines is 2. The Hall–Kier alpha value is -3.78. The number of nitrogens with zero attached hydrogens (tertiary/aromatic N) is 2. The van der Waals surface area contributed by atoms with Gasteiger partial charge >= 0.3 is 0 Å². The van der Waals surface area contributed by atoms with E-state index in [2.05, 4.69) is 15.6 Å². The van der Waals surface area contributed by atoms with E-state index in [1.807, 2.05) is 0 Å². The van der Waals surface area contributed by atoms with Crippen LogP contribution in [-0.4, -0.2) is 28.7 Å². The summed E-state index contributed by atoms with van der Waals surface area (Å²) >= 11 is 6.09. The number of carbonyl (C=O) groups is 3.